The molecule has 1 fully saturated rings. The molecular weight excluding hydrogens is 448 g/mol. The lowest BCUT2D eigenvalue weighted by Gasteiger charge is -2.45. The summed E-state index contributed by atoms with van der Waals surface area (Å²) in [6, 6.07) is 12.7. The Balaban J connectivity index is 1.29. The average Bonchev–Trinajstić information content (AvgIpc) is 3.34. The van der Waals surface area contributed by atoms with Crippen LogP contribution in [0.4, 0.5) is 17.1 Å². The summed E-state index contributed by atoms with van der Waals surface area (Å²) in [6.07, 6.45) is 3.06. The van der Waals surface area contributed by atoms with E-state index in [0.29, 0.717) is 55.5 Å². The van der Waals surface area contributed by atoms with Gasteiger partial charge >= 0.3 is 0 Å². The number of likely N-dealkylation sites (N-methyl/N-ethyl adjacent to an activating group) is 1. The van der Waals surface area contributed by atoms with Crippen molar-refractivity contribution in [3.05, 3.63) is 42.5 Å². The van der Waals surface area contributed by atoms with Gasteiger partial charge in [-0.15, -0.1) is 0 Å². The number of nitrogens with one attached hydrogen (secondary N) is 2. The Hall–Kier alpha value is -3.59. The van der Waals surface area contributed by atoms with Crippen LogP contribution >= 0.6 is 0 Å². The van der Waals surface area contributed by atoms with Crippen molar-refractivity contribution in [2.45, 2.75) is 38.1 Å². The van der Waals surface area contributed by atoms with Gasteiger partial charge in [0.2, 0.25) is 11.8 Å². The molecule has 2 heterocycles. The molecule has 9 heteroatoms. The lowest BCUT2D eigenvalue weighted by Crippen LogP contribution is -2.62. The van der Waals surface area contributed by atoms with Crippen molar-refractivity contribution < 1.29 is 23.9 Å². The average molecular weight is 479 g/mol. The normalized spacial score (nSPS) is 17.8. The van der Waals surface area contributed by atoms with E-state index in [1.54, 1.807) is 28.0 Å². The van der Waals surface area contributed by atoms with Gasteiger partial charge in [-0.05, 0) is 43.7 Å². The molecule has 3 aliphatic rings. The molecule has 2 aromatic rings. The summed E-state index contributed by atoms with van der Waals surface area (Å²) in [6.45, 7) is 3.47. The van der Waals surface area contributed by atoms with Crippen LogP contribution in [0.3, 0.4) is 0 Å². The second-order valence-electron chi connectivity index (χ2n) is 9.15. The highest BCUT2D eigenvalue weighted by molar-refractivity contribution is 6.15. The third-order valence-corrected chi connectivity index (χ3v) is 6.92. The molecule has 0 radical (unpaired) electrons. The second-order valence-corrected chi connectivity index (χ2v) is 9.15. The Morgan fingerprint density at radius 2 is 1.80 bits per heavy atom. The van der Waals surface area contributed by atoms with E-state index in [9.17, 15) is 14.4 Å². The summed E-state index contributed by atoms with van der Waals surface area (Å²) in [5.41, 5.74) is 1.10. The van der Waals surface area contributed by atoms with Gasteiger partial charge < -0.3 is 20.1 Å². The Bertz CT molecular complexity index is 1140. The summed E-state index contributed by atoms with van der Waals surface area (Å²) in [4.78, 5) is 43.1. The van der Waals surface area contributed by atoms with Gasteiger partial charge in [0.25, 0.3) is 5.91 Å². The first-order chi connectivity index (χ1) is 17.0. The molecule has 2 aliphatic heterocycles. The van der Waals surface area contributed by atoms with Gasteiger partial charge in [-0.1, -0.05) is 31.9 Å². The van der Waals surface area contributed by atoms with Gasteiger partial charge in [-0.2, -0.15) is 0 Å². The molecule has 0 atom stereocenters. The van der Waals surface area contributed by atoms with Gasteiger partial charge in [0.15, 0.2) is 11.5 Å². The van der Waals surface area contributed by atoms with Crippen molar-refractivity contribution in [1.29, 1.82) is 0 Å². The van der Waals surface area contributed by atoms with Crippen LogP contribution in [-0.2, 0) is 14.4 Å². The van der Waals surface area contributed by atoms with Crippen molar-refractivity contribution in [1.82, 2.24) is 4.90 Å². The number of fused-ring (bicyclic) bond motifs is 2. The summed E-state index contributed by atoms with van der Waals surface area (Å²) >= 11 is 0. The number of carbonyl (C=O) groups excluding carboxylic acids is 3. The number of carbonyl (C=O) groups is 3. The topological polar surface area (TPSA) is 100 Å². The maximum atomic E-state index is 13.7. The summed E-state index contributed by atoms with van der Waals surface area (Å²) in [5.74, 6) is 0.718. The number of ether oxygens (including phenoxy) is 2. The molecule has 1 spiro atoms. The quantitative estimate of drug-likeness (QED) is 0.662. The van der Waals surface area contributed by atoms with Gasteiger partial charge in [-0.3, -0.25) is 24.2 Å². The first kappa shape index (κ1) is 23.2. The zero-order valence-electron chi connectivity index (χ0n) is 19.8. The first-order valence-corrected chi connectivity index (χ1v) is 12.2. The minimum Gasteiger partial charge on any atom is -0.486 e. The van der Waals surface area contributed by atoms with E-state index < -0.39 is 5.54 Å². The summed E-state index contributed by atoms with van der Waals surface area (Å²) < 4.78 is 11.1. The number of nitrogens with zero attached hydrogens (tertiary/aromatic N) is 2. The number of benzene rings is 2. The minimum atomic E-state index is -0.863. The fourth-order valence-electron chi connectivity index (χ4n) is 5.19. The van der Waals surface area contributed by atoms with Crippen LogP contribution in [0.25, 0.3) is 0 Å². The molecule has 0 bridgehead atoms. The predicted octanol–water partition coefficient (Wildman–Crippen LogP) is 3.02. The minimum absolute atomic E-state index is 0.0361. The monoisotopic (exact) mass is 478 g/mol. The van der Waals surface area contributed by atoms with Crippen LogP contribution in [0.15, 0.2) is 42.5 Å². The van der Waals surface area contributed by atoms with Gasteiger partial charge in [0.05, 0.1) is 24.5 Å². The SMILES string of the molecule is CCN(CC(=O)Nc1ccc2c(c1)OCCO2)CC(=O)N1c2ccccc2NC(=O)C12CCCC2. The van der Waals surface area contributed by atoms with E-state index in [-0.39, 0.29) is 30.8 Å². The van der Waals surface area contributed by atoms with Crippen LogP contribution in [-0.4, -0.2) is 61.0 Å². The lowest BCUT2D eigenvalue weighted by molar-refractivity contribution is -0.128. The zero-order valence-corrected chi connectivity index (χ0v) is 19.8. The smallest absolute Gasteiger partial charge is 0.250 e. The molecule has 184 valence electrons. The van der Waals surface area contributed by atoms with Crippen molar-refractivity contribution in [2.75, 3.05) is 48.4 Å². The molecule has 0 aromatic heterocycles. The van der Waals surface area contributed by atoms with Crippen molar-refractivity contribution in [3.63, 3.8) is 0 Å². The maximum absolute atomic E-state index is 13.7. The van der Waals surface area contributed by atoms with E-state index in [1.807, 2.05) is 31.2 Å². The van der Waals surface area contributed by atoms with Crippen LogP contribution in [0.5, 0.6) is 11.5 Å². The number of anilines is 3. The Kier molecular flexibility index (Phi) is 6.34. The molecule has 0 unspecified atom stereocenters. The van der Waals surface area contributed by atoms with Gasteiger partial charge in [-0.25, -0.2) is 0 Å². The first-order valence-electron chi connectivity index (χ1n) is 12.2. The van der Waals surface area contributed by atoms with Gasteiger partial charge in [0.1, 0.15) is 18.8 Å². The summed E-state index contributed by atoms with van der Waals surface area (Å²) in [5, 5.41) is 5.87. The molecule has 9 nitrogen and oxygen atoms in total. The Labute approximate surface area is 204 Å². The number of rotatable bonds is 6. The standard InChI is InChI=1S/C26H30N4O5/c1-2-29(16-23(31)27-18-9-10-21-22(15-18)35-14-13-34-21)17-24(32)30-20-8-4-3-7-19(20)28-25(33)26(30)11-5-6-12-26/h3-4,7-10,15H,2,5-6,11-14,16-17H2,1H3,(H,27,31)(H,28,33). The zero-order chi connectivity index (χ0) is 24.4. The third-order valence-electron chi connectivity index (χ3n) is 6.92. The second kappa shape index (κ2) is 9.58. The summed E-state index contributed by atoms with van der Waals surface area (Å²) in [7, 11) is 0. The molecule has 35 heavy (non-hydrogen) atoms. The van der Waals surface area contributed by atoms with Crippen LogP contribution in [0.1, 0.15) is 32.6 Å². The largest absolute Gasteiger partial charge is 0.486 e. The molecular formula is C26H30N4O5. The van der Waals surface area contributed by atoms with Crippen molar-refractivity contribution >= 4 is 34.8 Å². The Morgan fingerprint density at radius 1 is 1.06 bits per heavy atom. The van der Waals surface area contributed by atoms with Crippen LogP contribution < -0.4 is 25.0 Å². The molecule has 5 rings (SSSR count). The Morgan fingerprint density at radius 3 is 2.57 bits per heavy atom. The van der Waals surface area contributed by atoms with E-state index >= 15 is 0 Å². The van der Waals surface area contributed by atoms with Crippen molar-refractivity contribution in [3.8, 4) is 11.5 Å². The predicted molar refractivity (Wildman–Crippen MR) is 132 cm³/mol. The van der Waals surface area contributed by atoms with E-state index in [0.717, 1.165) is 18.5 Å². The fourth-order valence-corrected chi connectivity index (χ4v) is 5.19. The van der Waals surface area contributed by atoms with E-state index in [4.69, 9.17) is 9.47 Å². The van der Waals surface area contributed by atoms with Crippen LogP contribution in [0.2, 0.25) is 0 Å². The highest BCUT2D eigenvalue weighted by Gasteiger charge is 2.52. The van der Waals surface area contributed by atoms with E-state index in [1.165, 1.54) is 0 Å². The van der Waals surface area contributed by atoms with Crippen molar-refractivity contribution in [2.24, 2.45) is 0 Å². The number of amides is 3. The van der Waals surface area contributed by atoms with Gasteiger partial charge in [0, 0.05) is 11.8 Å². The molecule has 2 aromatic carbocycles. The molecule has 3 amide bonds. The molecule has 0 saturated heterocycles. The van der Waals surface area contributed by atoms with Crippen LogP contribution in [0, 0.1) is 0 Å². The number of para-hydroxylation sites is 2. The number of hydrogen-bond acceptors (Lipinski definition) is 6. The fraction of sp³-hybridized carbons (Fsp3) is 0.423. The molecule has 1 aliphatic carbocycles. The third kappa shape index (κ3) is 4.43. The lowest BCUT2D eigenvalue weighted by atomic mass is 9.89. The highest BCUT2D eigenvalue weighted by Crippen LogP contribution is 2.45. The highest BCUT2D eigenvalue weighted by atomic mass is 16.6. The van der Waals surface area contributed by atoms with E-state index in [2.05, 4.69) is 10.6 Å². The molecule has 2 N–H and O–H groups in total. The maximum Gasteiger partial charge on any atom is 0.250 e. The number of hydrogen-bond donors (Lipinski definition) is 2. The molecule has 1 saturated carbocycles.